The number of benzene rings is 2. The van der Waals surface area contributed by atoms with Crippen LogP contribution in [0.25, 0.3) is 11.2 Å². The average molecular weight is 445 g/mol. The molecule has 7 heteroatoms. The van der Waals surface area contributed by atoms with E-state index in [9.17, 15) is 14.0 Å². The average Bonchev–Trinajstić information content (AvgIpc) is 3.11. The second kappa shape index (κ2) is 9.02. The molecule has 1 atom stereocenters. The number of carbonyl (C=O) groups is 1. The van der Waals surface area contributed by atoms with E-state index in [0.29, 0.717) is 30.8 Å². The van der Waals surface area contributed by atoms with Gasteiger partial charge in [-0.25, -0.2) is 14.2 Å². The van der Waals surface area contributed by atoms with Crippen LogP contribution in [0.15, 0.2) is 77.7 Å². The molecule has 168 valence electrons. The zero-order valence-electron chi connectivity index (χ0n) is 18.2. The standard InChI is InChI=1S/C26H25FN4O2/c27-21-10-4-9-20(15-21)16-24(32)29-14-6-11-22(18-29)31-25-23(12-5-13-28-25)30(26(31)33)17-19-7-2-1-3-8-19/h1-5,7-10,12-13,15,22H,6,11,14,16-18H2/t22-/m0/s1. The highest BCUT2D eigenvalue weighted by Crippen LogP contribution is 2.25. The summed E-state index contributed by atoms with van der Waals surface area (Å²) < 4.78 is 17.0. The fourth-order valence-corrected chi connectivity index (χ4v) is 4.68. The quantitative estimate of drug-likeness (QED) is 0.471. The van der Waals surface area contributed by atoms with Crippen LogP contribution >= 0.6 is 0 Å². The van der Waals surface area contributed by atoms with E-state index in [4.69, 9.17) is 0 Å². The highest BCUT2D eigenvalue weighted by Gasteiger charge is 2.28. The molecule has 0 aliphatic carbocycles. The monoisotopic (exact) mass is 444 g/mol. The molecule has 1 amide bonds. The number of imidazole rings is 1. The Morgan fingerprint density at radius 3 is 2.67 bits per heavy atom. The minimum atomic E-state index is -0.347. The van der Waals surface area contributed by atoms with Crippen molar-refractivity contribution in [2.45, 2.75) is 31.8 Å². The van der Waals surface area contributed by atoms with Crippen LogP contribution in [0.4, 0.5) is 4.39 Å². The normalized spacial score (nSPS) is 16.3. The molecule has 5 rings (SSSR count). The summed E-state index contributed by atoms with van der Waals surface area (Å²) in [5, 5.41) is 0. The van der Waals surface area contributed by atoms with Gasteiger partial charge in [0, 0.05) is 19.3 Å². The molecule has 0 N–H and O–H groups in total. The van der Waals surface area contributed by atoms with Crippen molar-refractivity contribution in [2.75, 3.05) is 13.1 Å². The number of hydrogen-bond donors (Lipinski definition) is 0. The maximum absolute atomic E-state index is 13.5. The lowest BCUT2D eigenvalue weighted by Gasteiger charge is -2.33. The van der Waals surface area contributed by atoms with Crippen LogP contribution in [0, 0.1) is 5.82 Å². The number of carbonyl (C=O) groups excluding carboxylic acids is 1. The Labute approximate surface area is 190 Å². The van der Waals surface area contributed by atoms with Crippen LogP contribution in [0.3, 0.4) is 0 Å². The second-order valence-electron chi connectivity index (χ2n) is 8.51. The SMILES string of the molecule is O=C(Cc1cccc(F)c1)N1CCC[C@H](n2c(=O)n(Cc3ccccc3)c3cccnc32)C1. The Hall–Kier alpha value is -3.74. The largest absolute Gasteiger partial charge is 0.340 e. The maximum atomic E-state index is 13.5. The van der Waals surface area contributed by atoms with Gasteiger partial charge in [-0.1, -0.05) is 42.5 Å². The van der Waals surface area contributed by atoms with E-state index in [0.717, 1.165) is 23.9 Å². The van der Waals surface area contributed by atoms with Gasteiger partial charge < -0.3 is 4.90 Å². The van der Waals surface area contributed by atoms with Crippen molar-refractivity contribution < 1.29 is 9.18 Å². The van der Waals surface area contributed by atoms with Crippen LogP contribution in [0.2, 0.25) is 0 Å². The van der Waals surface area contributed by atoms with Gasteiger partial charge in [-0.05, 0) is 48.2 Å². The number of likely N-dealkylation sites (tertiary alicyclic amines) is 1. The summed E-state index contributed by atoms with van der Waals surface area (Å²) in [6.45, 7) is 1.54. The first-order valence-electron chi connectivity index (χ1n) is 11.2. The van der Waals surface area contributed by atoms with Gasteiger partial charge in [0.15, 0.2) is 5.65 Å². The van der Waals surface area contributed by atoms with E-state index in [1.807, 2.05) is 42.5 Å². The molecule has 1 fully saturated rings. The summed E-state index contributed by atoms with van der Waals surface area (Å²) in [6.07, 6.45) is 3.43. The van der Waals surface area contributed by atoms with E-state index < -0.39 is 0 Å². The second-order valence-corrected chi connectivity index (χ2v) is 8.51. The van der Waals surface area contributed by atoms with Crippen molar-refractivity contribution >= 4 is 17.1 Å². The first kappa shape index (κ1) is 21.1. The van der Waals surface area contributed by atoms with Gasteiger partial charge in [0.2, 0.25) is 5.91 Å². The summed E-state index contributed by atoms with van der Waals surface area (Å²) in [5.41, 5.74) is 3.01. The number of amides is 1. The van der Waals surface area contributed by atoms with E-state index in [1.54, 1.807) is 32.4 Å². The van der Waals surface area contributed by atoms with Gasteiger partial charge >= 0.3 is 5.69 Å². The third-order valence-corrected chi connectivity index (χ3v) is 6.26. The number of hydrogen-bond acceptors (Lipinski definition) is 3. The van der Waals surface area contributed by atoms with Crippen LogP contribution < -0.4 is 5.69 Å². The Bertz CT molecular complexity index is 1350. The predicted octanol–water partition coefficient (Wildman–Crippen LogP) is 3.79. The molecule has 6 nitrogen and oxygen atoms in total. The molecule has 1 aliphatic rings. The Balaban J connectivity index is 1.43. The molecule has 2 aromatic carbocycles. The smallest absolute Gasteiger partial charge is 0.330 e. The third-order valence-electron chi connectivity index (χ3n) is 6.26. The first-order valence-corrected chi connectivity index (χ1v) is 11.2. The number of rotatable bonds is 5. The molecule has 0 spiro atoms. The number of piperidine rings is 1. The summed E-state index contributed by atoms with van der Waals surface area (Å²) in [4.78, 5) is 32.8. The van der Waals surface area contributed by atoms with Crippen molar-refractivity contribution in [2.24, 2.45) is 0 Å². The summed E-state index contributed by atoms with van der Waals surface area (Å²) in [6, 6.07) is 19.6. The molecule has 3 heterocycles. The van der Waals surface area contributed by atoms with Crippen LogP contribution in [-0.4, -0.2) is 38.0 Å². The van der Waals surface area contributed by atoms with Crippen LogP contribution in [0.1, 0.15) is 30.0 Å². The molecule has 0 unspecified atom stereocenters. The van der Waals surface area contributed by atoms with Gasteiger partial charge in [-0.2, -0.15) is 0 Å². The van der Waals surface area contributed by atoms with Gasteiger partial charge in [0.05, 0.1) is 24.5 Å². The van der Waals surface area contributed by atoms with E-state index in [2.05, 4.69) is 4.98 Å². The summed E-state index contributed by atoms with van der Waals surface area (Å²) in [7, 11) is 0. The Kier molecular flexibility index (Phi) is 5.77. The zero-order valence-corrected chi connectivity index (χ0v) is 18.2. The van der Waals surface area contributed by atoms with Gasteiger partial charge in [-0.3, -0.25) is 13.9 Å². The molecule has 0 bridgehead atoms. The third kappa shape index (κ3) is 4.31. The van der Waals surface area contributed by atoms with E-state index >= 15 is 0 Å². The highest BCUT2D eigenvalue weighted by atomic mass is 19.1. The maximum Gasteiger partial charge on any atom is 0.330 e. The van der Waals surface area contributed by atoms with Crippen LogP contribution in [-0.2, 0) is 17.8 Å². The minimum Gasteiger partial charge on any atom is -0.340 e. The van der Waals surface area contributed by atoms with Crippen molar-refractivity contribution in [3.05, 3.63) is 100 Å². The molecular formula is C26H25FN4O2. The van der Waals surface area contributed by atoms with Crippen molar-refractivity contribution in [1.29, 1.82) is 0 Å². The van der Waals surface area contributed by atoms with E-state index in [-0.39, 0.29) is 29.9 Å². The number of nitrogens with zero attached hydrogens (tertiary/aromatic N) is 4. The van der Waals surface area contributed by atoms with Gasteiger partial charge in [0.25, 0.3) is 0 Å². The molecule has 33 heavy (non-hydrogen) atoms. The molecule has 0 radical (unpaired) electrons. The number of fused-ring (bicyclic) bond motifs is 1. The molecule has 1 saturated heterocycles. The summed E-state index contributed by atoms with van der Waals surface area (Å²) >= 11 is 0. The molecule has 0 saturated carbocycles. The van der Waals surface area contributed by atoms with Gasteiger partial charge in [0.1, 0.15) is 5.82 Å². The Morgan fingerprint density at radius 2 is 1.85 bits per heavy atom. The topological polar surface area (TPSA) is 60.1 Å². The summed E-state index contributed by atoms with van der Waals surface area (Å²) in [5.74, 6) is -0.403. The predicted molar refractivity (Wildman–Crippen MR) is 124 cm³/mol. The number of pyridine rings is 1. The number of aromatic nitrogens is 3. The van der Waals surface area contributed by atoms with Crippen molar-refractivity contribution in [3.8, 4) is 0 Å². The van der Waals surface area contributed by atoms with Crippen molar-refractivity contribution in [3.63, 3.8) is 0 Å². The minimum absolute atomic E-state index is 0.0562. The first-order chi connectivity index (χ1) is 16.1. The zero-order chi connectivity index (χ0) is 22.8. The van der Waals surface area contributed by atoms with Crippen molar-refractivity contribution in [1.82, 2.24) is 19.0 Å². The molecule has 4 aromatic rings. The van der Waals surface area contributed by atoms with E-state index in [1.165, 1.54) is 12.1 Å². The molecular weight excluding hydrogens is 419 g/mol. The highest BCUT2D eigenvalue weighted by molar-refractivity contribution is 5.79. The van der Waals surface area contributed by atoms with Crippen LogP contribution in [0.5, 0.6) is 0 Å². The number of halogens is 1. The lowest BCUT2D eigenvalue weighted by atomic mass is 10.0. The molecule has 2 aromatic heterocycles. The Morgan fingerprint density at radius 1 is 1.03 bits per heavy atom. The van der Waals surface area contributed by atoms with Gasteiger partial charge in [-0.15, -0.1) is 0 Å². The lowest BCUT2D eigenvalue weighted by molar-refractivity contribution is -0.132. The molecule has 1 aliphatic heterocycles. The lowest BCUT2D eigenvalue weighted by Crippen LogP contribution is -2.43. The fraction of sp³-hybridized carbons (Fsp3) is 0.269. The fourth-order valence-electron chi connectivity index (χ4n) is 4.68.